The van der Waals surface area contributed by atoms with Crippen molar-refractivity contribution in [1.82, 2.24) is 35.6 Å². The minimum Gasteiger partial charge on any atom is -0.396 e. The zero-order chi connectivity index (χ0) is 19.6. The van der Waals surface area contributed by atoms with Crippen molar-refractivity contribution < 1.29 is 9.90 Å². The maximum Gasteiger partial charge on any atom is 0.269 e. The summed E-state index contributed by atoms with van der Waals surface area (Å²) >= 11 is 0. The van der Waals surface area contributed by atoms with Crippen LogP contribution in [0.15, 0.2) is 37.2 Å². The molecule has 0 aromatic carbocycles. The molecule has 0 saturated carbocycles. The number of aliphatic hydroxyl groups is 1. The first-order chi connectivity index (χ1) is 13.7. The summed E-state index contributed by atoms with van der Waals surface area (Å²) < 4.78 is 0. The average molecular weight is 383 g/mol. The first kappa shape index (κ1) is 19.7. The Kier molecular flexibility index (Phi) is 7.28. The maximum absolute atomic E-state index is 12.5. The van der Waals surface area contributed by atoms with E-state index in [0.29, 0.717) is 31.6 Å². The zero-order valence-corrected chi connectivity index (χ0v) is 15.6. The van der Waals surface area contributed by atoms with Crippen LogP contribution in [0.4, 0.5) is 0 Å². The number of carbonyl (C=O) groups is 1. The van der Waals surface area contributed by atoms with E-state index < -0.39 is 0 Å². The molecule has 0 aliphatic rings. The van der Waals surface area contributed by atoms with Crippen molar-refractivity contribution in [2.24, 2.45) is 0 Å². The quantitative estimate of drug-likeness (QED) is 0.304. The van der Waals surface area contributed by atoms with Crippen LogP contribution >= 0.6 is 0 Å². The largest absolute Gasteiger partial charge is 0.396 e. The van der Waals surface area contributed by atoms with E-state index in [1.54, 1.807) is 31.1 Å². The number of hydrogen-bond acceptors (Lipinski definition) is 6. The lowest BCUT2D eigenvalue weighted by Gasteiger charge is -2.10. The number of nitrogens with one attached hydrogen (secondary N) is 4. The van der Waals surface area contributed by atoms with Gasteiger partial charge in [-0.1, -0.05) is 0 Å². The van der Waals surface area contributed by atoms with Gasteiger partial charge in [-0.05, 0) is 24.1 Å². The molecule has 9 nitrogen and oxygen atoms in total. The molecule has 0 bridgehead atoms. The van der Waals surface area contributed by atoms with Gasteiger partial charge in [-0.2, -0.15) is 0 Å². The molecule has 3 rings (SSSR count). The summed E-state index contributed by atoms with van der Waals surface area (Å²) in [6.07, 6.45) is 8.79. The number of aromatic nitrogens is 5. The van der Waals surface area contributed by atoms with Crippen molar-refractivity contribution in [2.75, 3.05) is 19.7 Å². The van der Waals surface area contributed by atoms with Crippen LogP contribution < -0.4 is 10.6 Å². The normalized spacial score (nSPS) is 10.9. The Labute approximate surface area is 163 Å². The number of nitrogens with zero attached hydrogens (tertiary/aromatic N) is 3. The zero-order valence-electron chi connectivity index (χ0n) is 15.6. The van der Waals surface area contributed by atoms with E-state index in [-0.39, 0.29) is 12.5 Å². The van der Waals surface area contributed by atoms with Gasteiger partial charge in [-0.3, -0.25) is 4.79 Å². The predicted octanol–water partition coefficient (Wildman–Crippen LogP) is 0.367. The number of pyridine rings is 1. The monoisotopic (exact) mass is 383 g/mol. The van der Waals surface area contributed by atoms with Gasteiger partial charge in [0.15, 0.2) is 0 Å². The number of carbonyl (C=O) groups excluding carboxylic acids is 1. The highest BCUT2D eigenvalue weighted by Crippen LogP contribution is 2.08. The molecule has 3 aromatic heterocycles. The number of hydrogen-bond donors (Lipinski definition) is 5. The second kappa shape index (κ2) is 10.3. The number of aromatic amines is 2. The minimum atomic E-state index is -0.224. The number of aliphatic hydroxyl groups excluding tert-OH is 1. The maximum atomic E-state index is 12.5. The van der Waals surface area contributed by atoms with Gasteiger partial charge in [0.25, 0.3) is 5.91 Å². The number of rotatable bonds is 11. The van der Waals surface area contributed by atoms with Crippen molar-refractivity contribution in [3.63, 3.8) is 0 Å². The number of amides is 1. The Morgan fingerprint density at radius 2 is 1.71 bits per heavy atom. The van der Waals surface area contributed by atoms with Crippen molar-refractivity contribution in [3.05, 3.63) is 65.5 Å². The molecule has 5 N–H and O–H groups in total. The smallest absolute Gasteiger partial charge is 0.269 e. The van der Waals surface area contributed by atoms with E-state index in [9.17, 15) is 9.90 Å². The van der Waals surface area contributed by atoms with Crippen LogP contribution in [-0.2, 0) is 25.8 Å². The molecular formula is C19H25N7O2. The van der Waals surface area contributed by atoms with Crippen molar-refractivity contribution >= 4 is 5.91 Å². The van der Waals surface area contributed by atoms with E-state index in [0.717, 1.165) is 35.6 Å². The standard InChI is InChI=1S/C19H25N7O2/c27-6-3-14-7-17(11-20-4-1-15-9-21-12-24-15)26-18(8-14)19(28)23-5-2-16-10-22-13-25-16/h7-10,12-13,20,27H,1-6,11H2,(H,21,24)(H,22,25)(H,23,28). The van der Waals surface area contributed by atoms with Gasteiger partial charge >= 0.3 is 0 Å². The van der Waals surface area contributed by atoms with E-state index in [2.05, 4.69) is 35.6 Å². The third kappa shape index (κ3) is 6.00. The van der Waals surface area contributed by atoms with Crippen LogP contribution in [0.5, 0.6) is 0 Å². The number of H-pyrrole nitrogens is 2. The third-order valence-corrected chi connectivity index (χ3v) is 4.24. The van der Waals surface area contributed by atoms with Crippen LogP contribution in [0.2, 0.25) is 0 Å². The van der Waals surface area contributed by atoms with Crippen molar-refractivity contribution in [2.45, 2.75) is 25.8 Å². The Morgan fingerprint density at radius 1 is 1.00 bits per heavy atom. The second-order valence-electron chi connectivity index (χ2n) is 6.41. The second-order valence-corrected chi connectivity index (χ2v) is 6.41. The van der Waals surface area contributed by atoms with Gasteiger partial charge in [0.1, 0.15) is 5.69 Å². The Hall–Kier alpha value is -3.04. The lowest BCUT2D eigenvalue weighted by molar-refractivity contribution is 0.0948. The first-order valence-corrected chi connectivity index (χ1v) is 9.28. The van der Waals surface area contributed by atoms with Gasteiger partial charge < -0.3 is 25.7 Å². The summed E-state index contributed by atoms with van der Waals surface area (Å²) in [5.41, 5.74) is 4.05. The van der Waals surface area contributed by atoms with Crippen molar-refractivity contribution in [1.29, 1.82) is 0 Å². The Morgan fingerprint density at radius 3 is 2.36 bits per heavy atom. The highest BCUT2D eigenvalue weighted by atomic mass is 16.3. The van der Waals surface area contributed by atoms with Crippen molar-refractivity contribution in [3.8, 4) is 0 Å². The van der Waals surface area contributed by atoms with Crippen LogP contribution in [0.1, 0.15) is 33.1 Å². The summed E-state index contributed by atoms with van der Waals surface area (Å²) in [5, 5.41) is 15.4. The molecule has 0 unspecified atom stereocenters. The summed E-state index contributed by atoms with van der Waals surface area (Å²) in [4.78, 5) is 31.0. The van der Waals surface area contributed by atoms with E-state index in [4.69, 9.17) is 0 Å². The van der Waals surface area contributed by atoms with Crippen LogP contribution in [0, 0.1) is 0 Å². The molecule has 1 amide bonds. The summed E-state index contributed by atoms with van der Waals surface area (Å²) in [6.45, 7) is 1.82. The van der Waals surface area contributed by atoms with Gasteiger partial charge in [0.2, 0.25) is 0 Å². The minimum absolute atomic E-state index is 0.0254. The summed E-state index contributed by atoms with van der Waals surface area (Å²) in [6, 6.07) is 3.65. The van der Waals surface area contributed by atoms with Gasteiger partial charge in [-0.15, -0.1) is 0 Å². The molecular weight excluding hydrogens is 358 g/mol. The fraction of sp³-hybridized carbons (Fsp3) is 0.368. The Bertz CT molecular complexity index is 847. The third-order valence-electron chi connectivity index (χ3n) is 4.24. The lowest BCUT2D eigenvalue weighted by Crippen LogP contribution is -2.27. The van der Waals surface area contributed by atoms with E-state index in [1.807, 2.05) is 6.07 Å². The Balaban J connectivity index is 1.55. The molecule has 0 atom stereocenters. The average Bonchev–Trinajstić information content (AvgIpc) is 3.39. The molecule has 0 fully saturated rings. The fourth-order valence-electron chi connectivity index (χ4n) is 2.81. The molecule has 148 valence electrons. The van der Waals surface area contributed by atoms with E-state index >= 15 is 0 Å². The van der Waals surface area contributed by atoms with Crippen LogP contribution in [-0.4, -0.2) is 55.6 Å². The van der Waals surface area contributed by atoms with Crippen LogP contribution in [0.3, 0.4) is 0 Å². The topological polar surface area (TPSA) is 132 Å². The van der Waals surface area contributed by atoms with Gasteiger partial charge in [-0.25, -0.2) is 15.0 Å². The van der Waals surface area contributed by atoms with Gasteiger partial charge in [0.05, 0.1) is 18.3 Å². The molecule has 28 heavy (non-hydrogen) atoms. The SMILES string of the molecule is O=C(NCCc1cnc[nH]1)c1cc(CCO)cc(CNCCc2cnc[nH]2)n1. The molecule has 0 spiro atoms. The van der Waals surface area contributed by atoms with Gasteiger partial charge in [0, 0.05) is 62.9 Å². The molecule has 0 aliphatic carbocycles. The molecule has 3 heterocycles. The lowest BCUT2D eigenvalue weighted by atomic mass is 10.1. The van der Waals surface area contributed by atoms with Crippen LogP contribution in [0.25, 0.3) is 0 Å². The summed E-state index contributed by atoms with van der Waals surface area (Å²) in [5.74, 6) is -0.224. The molecule has 9 heteroatoms. The summed E-state index contributed by atoms with van der Waals surface area (Å²) in [7, 11) is 0. The van der Waals surface area contributed by atoms with E-state index in [1.165, 1.54) is 0 Å². The molecule has 0 radical (unpaired) electrons. The fourth-order valence-corrected chi connectivity index (χ4v) is 2.81. The first-order valence-electron chi connectivity index (χ1n) is 9.28. The number of imidazole rings is 2. The highest BCUT2D eigenvalue weighted by Gasteiger charge is 2.11. The molecule has 3 aromatic rings. The molecule has 0 aliphatic heterocycles. The highest BCUT2D eigenvalue weighted by molar-refractivity contribution is 5.92. The molecule has 0 saturated heterocycles. The predicted molar refractivity (Wildman–Crippen MR) is 104 cm³/mol.